The molecule has 2 rings (SSSR count). The minimum atomic E-state index is -0.431. The Balaban J connectivity index is 1.96. The predicted octanol–water partition coefficient (Wildman–Crippen LogP) is 3.11. The van der Waals surface area contributed by atoms with Crippen LogP contribution in [0, 0.1) is 11.3 Å². The van der Waals surface area contributed by atoms with Crippen molar-refractivity contribution < 1.29 is 0 Å². The fourth-order valence-electron chi connectivity index (χ4n) is 3.14. The van der Waals surface area contributed by atoms with E-state index in [2.05, 4.69) is 54.4 Å². The first-order valence-corrected chi connectivity index (χ1v) is 8.00. The number of aryl methyl sites for hydroxylation is 1. The van der Waals surface area contributed by atoms with Gasteiger partial charge in [-0.05, 0) is 57.7 Å². The first-order valence-electron chi connectivity index (χ1n) is 8.00. The van der Waals surface area contributed by atoms with Crippen molar-refractivity contribution in [2.45, 2.75) is 58.2 Å². The van der Waals surface area contributed by atoms with Crippen molar-refractivity contribution in [1.29, 1.82) is 5.26 Å². The SMILES string of the molecule is CC(C)NC(C)(C#N)CCN1CCCc2ccccc2C1. The van der Waals surface area contributed by atoms with Crippen LogP contribution in [0.3, 0.4) is 0 Å². The van der Waals surface area contributed by atoms with Crippen LogP contribution < -0.4 is 5.32 Å². The van der Waals surface area contributed by atoms with E-state index in [0.29, 0.717) is 6.04 Å². The van der Waals surface area contributed by atoms with Gasteiger partial charge in [0.25, 0.3) is 0 Å². The molecule has 1 aliphatic rings. The third-order valence-corrected chi connectivity index (χ3v) is 4.21. The summed E-state index contributed by atoms with van der Waals surface area (Å²) in [5, 5.41) is 12.8. The summed E-state index contributed by atoms with van der Waals surface area (Å²) in [6.07, 6.45) is 3.24. The number of rotatable bonds is 5. The first kappa shape index (κ1) is 16.0. The fraction of sp³-hybridized carbons (Fsp3) is 0.611. The van der Waals surface area contributed by atoms with E-state index in [9.17, 15) is 5.26 Å². The Morgan fingerprint density at radius 1 is 1.33 bits per heavy atom. The summed E-state index contributed by atoms with van der Waals surface area (Å²) < 4.78 is 0. The van der Waals surface area contributed by atoms with Crippen LogP contribution in [0.4, 0.5) is 0 Å². The zero-order valence-corrected chi connectivity index (χ0v) is 13.5. The van der Waals surface area contributed by atoms with Gasteiger partial charge in [0.2, 0.25) is 0 Å². The van der Waals surface area contributed by atoms with Crippen molar-refractivity contribution in [2.75, 3.05) is 13.1 Å². The van der Waals surface area contributed by atoms with Gasteiger partial charge in [0.15, 0.2) is 0 Å². The van der Waals surface area contributed by atoms with Gasteiger partial charge in [-0.15, -0.1) is 0 Å². The molecule has 0 aliphatic carbocycles. The lowest BCUT2D eigenvalue weighted by molar-refractivity contribution is 0.236. The van der Waals surface area contributed by atoms with Crippen LogP contribution in [0.15, 0.2) is 24.3 Å². The third-order valence-electron chi connectivity index (χ3n) is 4.21. The normalized spacial score (nSPS) is 18.6. The van der Waals surface area contributed by atoms with Crippen molar-refractivity contribution in [3.8, 4) is 6.07 Å². The molecule has 1 aromatic rings. The van der Waals surface area contributed by atoms with Crippen LogP contribution in [0.25, 0.3) is 0 Å². The van der Waals surface area contributed by atoms with E-state index in [4.69, 9.17) is 0 Å². The van der Waals surface area contributed by atoms with E-state index in [0.717, 1.165) is 26.1 Å². The average molecular weight is 285 g/mol. The molecule has 1 heterocycles. The molecule has 114 valence electrons. The van der Waals surface area contributed by atoms with Gasteiger partial charge in [-0.3, -0.25) is 10.2 Å². The van der Waals surface area contributed by atoms with Crippen LogP contribution in [-0.4, -0.2) is 29.6 Å². The molecule has 1 N–H and O–H groups in total. The van der Waals surface area contributed by atoms with E-state index in [-0.39, 0.29) is 0 Å². The molecule has 0 radical (unpaired) electrons. The molecule has 21 heavy (non-hydrogen) atoms. The van der Waals surface area contributed by atoms with Crippen LogP contribution in [0.1, 0.15) is 44.7 Å². The Morgan fingerprint density at radius 3 is 2.71 bits per heavy atom. The Morgan fingerprint density at radius 2 is 2.05 bits per heavy atom. The van der Waals surface area contributed by atoms with Crippen molar-refractivity contribution in [2.24, 2.45) is 0 Å². The molecule has 0 saturated heterocycles. The van der Waals surface area contributed by atoms with E-state index >= 15 is 0 Å². The molecule has 1 aliphatic heterocycles. The Labute approximate surface area is 129 Å². The summed E-state index contributed by atoms with van der Waals surface area (Å²) in [4.78, 5) is 2.49. The topological polar surface area (TPSA) is 39.1 Å². The van der Waals surface area contributed by atoms with Gasteiger partial charge in [-0.25, -0.2) is 0 Å². The summed E-state index contributed by atoms with van der Waals surface area (Å²) in [5.41, 5.74) is 2.51. The second-order valence-corrected chi connectivity index (χ2v) is 6.64. The molecule has 1 atom stereocenters. The summed E-state index contributed by atoms with van der Waals surface area (Å²) >= 11 is 0. The maximum atomic E-state index is 9.45. The molecule has 1 unspecified atom stereocenters. The van der Waals surface area contributed by atoms with Crippen LogP contribution in [0.2, 0.25) is 0 Å². The molecule has 0 fully saturated rings. The summed E-state index contributed by atoms with van der Waals surface area (Å²) in [6.45, 7) is 9.31. The van der Waals surface area contributed by atoms with E-state index in [1.165, 1.54) is 24.0 Å². The second kappa shape index (κ2) is 7.06. The molecule has 0 aromatic heterocycles. The lowest BCUT2D eigenvalue weighted by Gasteiger charge is -2.29. The molecule has 0 amide bonds. The zero-order chi connectivity index (χ0) is 15.3. The number of nitrogens with one attached hydrogen (secondary N) is 1. The number of benzene rings is 1. The third kappa shape index (κ3) is 4.56. The second-order valence-electron chi connectivity index (χ2n) is 6.64. The summed E-state index contributed by atoms with van der Waals surface area (Å²) in [6, 6.07) is 11.5. The lowest BCUT2D eigenvalue weighted by atomic mass is 9.98. The summed E-state index contributed by atoms with van der Waals surface area (Å²) in [5.74, 6) is 0. The fourth-order valence-corrected chi connectivity index (χ4v) is 3.14. The Bertz CT molecular complexity index is 503. The highest BCUT2D eigenvalue weighted by atomic mass is 15.1. The van der Waals surface area contributed by atoms with Crippen molar-refractivity contribution >= 4 is 0 Å². The van der Waals surface area contributed by atoms with Crippen molar-refractivity contribution in [1.82, 2.24) is 10.2 Å². The molecule has 3 nitrogen and oxygen atoms in total. The highest BCUT2D eigenvalue weighted by molar-refractivity contribution is 5.28. The van der Waals surface area contributed by atoms with Crippen LogP contribution in [0.5, 0.6) is 0 Å². The standard InChI is InChI=1S/C18H27N3/c1-15(2)20-18(3,14-19)10-12-21-11-6-9-16-7-4-5-8-17(16)13-21/h4-5,7-8,15,20H,6,9-13H2,1-3H3. The quantitative estimate of drug-likeness (QED) is 0.903. The van der Waals surface area contributed by atoms with Crippen molar-refractivity contribution in [3.63, 3.8) is 0 Å². The van der Waals surface area contributed by atoms with Gasteiger partial charge in [0.05, 0.1) is 6.07 Å². The number of nitrogens with zero attached hydrogens (tertiary/aromatic N) is 2. The van der Waals surface area contributed by atoms with Gasteiger partial charge >= 0.3 is 0 Å². The molecule has 0 spiro atoms. The molecule has 1 aromatic carbocycles. The minimum absolute atomic E-state index is 0.333. The largest absolute Gasteiger partial charge is 0.299 e. The monoisotopic (exact) mass is 285 g/mol. The molecule has 3 heteroatoms. The van der Waals surface area contributed by atoms with Crippen LogP contribution in [-0.2, 0) is 13.0 Å². The average Bonchev–Trinajstić information content (AvgIpc) is 2.66. The number of hydrogen-bond acceptors (Lipinski definition) is 3. The number of nitriles is 1. The zero-order valence-electron chi connectivity index (χ0n) is 13.5. The number of fused-ring (bicyclic) bond motifs is 1. The number of hydrogen-bond donors (Lipinski definition) is 1. The first-order chi connectivity index (χ1) is 10.0. The Kier molecular flexibility index (Phi) is 5.39. The molecular weight excluding hydrogens is 258 g/mol. The van der Waals surface area contributed by atoms with Gasteiger partial charge < -0.3 is 0 Å². The van der Waals surface area contributed by atoms with Gasteiger partial charge in [-0.1, -0.05) is 24.3 Å². The van der Waals surface area contributed by atoms with Gasteiger partial charge in [-0.2, -0.15) is 5.26 Å². The lowest BCUT2D eigenvalue weighted by Crippen LogP contribution is -2.47. The van der Waals surface area contributed by atoms with E-state index < -0.39 is 5.54 Å². The smallest absolute Gasteiger partial charge is 0.105 e. The summed E-state index contributed by atoms with van der Waals surface area (Å²) in [7, 11) is 0. The maximum Gasteiger partial charge on any atom is 0.105 e. The van der Waals surface area contributed by atoms with Gasteiger partial charge in [0.1, 0.15) is 5.54 Å². The van der Waals surface area contributed by atoms with Crippen LogP contribution >= 0.6 is 0 Å². The van der Waals surface area contributed by atoms with E-state index in [1.54, 1.807) is 0 Å². The van der Waals surface area contributed by atoms with Gasteiger partial charge in [0, 0.05) is 19.1 Å². The predicted molar refractivity (Wildman–Crippen MR) is 86.9 cm³/mol. The Hall–Kier alpha value is -1.37. The highest BCUT2D eigenvalue weighted by Gasteiger charge is 2.25. The van der Waals surface area contributed by atoms with Crippen molar-refractivity contribution in [3.05, 3.63) is 35.4 Å². The molecular formula is C18H27N3. The highest BCUT2D eigenvalue weighted by Crippen LogP contribution is 2.20. The molecule has 0 bridgehead atoms. The van der Waals surface area contributed by atoms with E-state index in [1.807, 2.05) is 6.92 Å². The maximum absolute atomic E-state index is 9.45. The minimum Gasteiger partial charge on any atom is -0.299 e. The molecule has 0 saturated carbocycles.